The molecule has 0 aromatic heterocycles. The van der Waals surface area contributed by atoms with E-state index in [2.05, 4.69) is 31.2 Å². The summed E-state index contributed by atoms with van der Waals surface area (Å²) in [6.45, 7) is 3.04. The summed E-state index contributed by atoms with van der Waals surface area (Å²) < 4.78 is 6.00. The maximum atomic E-state index is 6.45. The maximum absolute atomic E-state index is 6.45. The van der Waals surface area contributed by atoms with E-state index in [9.17, 15) is 0 Å². The molecule has 0 bridgehead atoms. The summed E-state index contributed by atoms with van der Waals surface area (Å²) in [5, 5.41) is 0. The second-order valence-corrected chi connectivity index (χ2v) is 7.52. The third kappa shape index (κ3) is 3.21. The SMILES string of the molecule is Cc1ccc(SCC(N)C2CCOC3(CCC3)C2)cc1. The summed E-state index contributed by atoms with van der Waals surface area (Å²) in [7, 11) is 0. The summed E-state index contributed by atoms with van der Waals surface area (Å²) in [5.41, 5.74) is 7.98. The monoisotopic (exact) mass is 291 g/mol. The first-order chi connectivity index (χ1) is 9.67. The van der Waals surface area contributed by atoms with Crippen LogP contribution in [0.2, 0.25) is 0 Å². The smallest absolute Gasteiger partial charge is 0.0685 e. The molecule has 1 saturated heterocycles. The normalized spacial score (nSPS) is 26.2. The molecule has 1 saturated carbocycles. The molecule has 1 aromatic rings. The lowest BCUT2D eigenvalue weighted by atomic mass is 9.71. The molecule has 2 fully saturated rings. The van der Waals surface area contributed by atoms with Gasteiger partial charge in [-0.25, -0.2) is 0 Å². The van der Waals surface area contributed by atoms with Gasteiger partial charge in [-0.15, -0.1) is 11.8 Å². The Hall–Kier alpha value is -0.510. The highest BCUT2D eigenvalue weighted by atomic mass is 32.2. The molecular formula is C17H25NOS. The molecule has 1 aliphatic heterocycles. The van der Waals surface area contributed by atoms with Crippen LogP contribution in [0.15, 0.2) is 29.2 Å². The molecule has 0 amide bonds. The highest BCUT2D eigenvalue weighted by Crippen LogP contribution is 2.45. The predicted octanol–water partition coefficient (Wildman–Crippen LogP) is 3.76. The zero-order chi connectivity index (χ0) is 14.0. The van der Waals surface area contributed by atoms with Crippen molar-refractivity contribution in [1.82, 2.24) is 0 Å². The lowest BCUT2D eigenvalue weighted by Gasteiger charge is -2.48. The molecule has 1 heterocycles. The Morgan fingerprint density at radius 1 is 1.35 bits per heavy atom. The molecule has 1 aromatic carbocycles. The minimum atomic E-state index is 0.217. The minimum absolute atomic E-state index is 0.217. The van der Waals surface area contributed by atoms with E-state index in [1.807, 2.05) is 11.8 Å². The summed E-state index contributed by atoms with van der Waals surface area (Å²) in [6.07, 6.45) is 6.16. The van der Waals surface area contributed by atoms with E-state index in [0.29, 0.717) is 12.0 Å². The van der Waals surface area contributed by atoms with E-state index >= 15 is 0 Å². The van der Waals surface area contributed by atoms with Crippen LogP contribution in [-0.2, 0) is 4.74 Å². The molecule has 20 heavy (non-hydrogen) atoms. The summed E-state index contributed by atoms with van der Waals surface area (Å²) in [6, 6.07) is 9.04. The first kappa shape index (κ1) is 14.4. The van der Waals surface area contributed by atoms with Crippen LogP contribution in [0.1, 0.15) is 37.7 Å². The van der Waals surface area contributed by atoms with Gasteiger partial charge in [-0.05, 0) is 57.1 Å². The van der Waals surface area contributed by atoms with Crippen LogP contribution in [0.5, 0.6) is 0 Å². The van der Waals surface area contributed by atoms with Crippen LogP contribution in [0.25, 0.3) is 0 Å². The molecular weight excluding hydrogens is 266 g/mol. The number of thioether (sulfide) groups is 1. The molecule has 2 aliphatic rings. The number of benzene rings is 1. The van der Waals surface area contributed by atoms with Crippen LogP contribution in [0.3, 0.4) is 0 Å². The van der Waals surface area contributed by atoms with Crippen LogP contribution < -0.4 is 5.73 Å². The molecule has 1 aliphatic carbocycles. The topological polar surface area (TPSA) is 35.2 Å². The van der Waals surface area contributed by atoms with Gasteiger partial charge < -0.3 is 10.5 Å². The second-order valence-electron chi connectivity index (χ2n) is 6.43. The van der Waals surface area contributed by atoms with Crippen molar-refractivity contribution in [2.24, 2.45) is 11.7 Å². The van der Waals surface area contributed by atoms with Gasteiger partial charge in [-0.3, -0.25) is 0 Å². The van der Waals surface area contributed by atoms with E-state index in [-0.39, 0.29) is 5.60 Å². The second kappa shape index (κ2) is 6.08. The summed E-state index contributed by atoms with van der Waals surface area (Å²) in [5.74, 6) is 1.66. The molecule has 1 spiro atoms. The van der Waals surface area contributed by atoms with Crippen LogP contribution in [-0.4, -0.2) is 24.0 Å². The van der Waals surface area contributed by atoms with Gasteiger partial charge in [0.25, 0.3) is 0 Å². The van der Waals surface area contributed by atoms with Crippen LogP contribution in [0.4, 0.5) is 0 Å². The van der Waals surface area contributed by atoms with E-state index in [1.54, 1.807) is 0 Å². The van der Waals surface area contributed by atoms with Crippen LogP contribution >= 0.6 is 11.8 Å². The fourth-order valence-corrected chi connectivity index (χ4v) is 4.30. The summed E-state index contributed by atoms with van der Waals surface area (Å²) in [4.78, 5) is 1.33. The molecule has 2 atom stereocenters. The van der Waals surface area contributed by atoms with Gasteiger partial charge in [0.2, 0.25) is 0 Å². The number of nitrogens with two attached hydrogens (primary N) is 1. The lowest BCUT2D eigenvalue weighted by molar-refractivity contribution is -0.145. The Labute approximate surface area is 126 Å². The van der Waals surface area contributed by atoms with Gasteiger partial charge >= 0.3 is 0 Å². The average Bonchev–Trinajstić information content (AvgIpc) is 2.45. The Morgan fingerprint density at radius 2 is 2.10 bits per heavy atom. The largest absolute Gasteiger partial charge is 0.375 e. The highest BCUT2D eigenvalue weighted by molar-refractivity contribution is 7.99. The van der Waals surface area contributed by atoms with Crippen molar-refractivity contribution < 1.29 is 4.74 Å². The Morgan fingerprint density at radius 3 is 2.75 bits per heavy atom. The molecule has 3 heteroatoms. The third-order valence-corrected chi connectivity index (χ3v) is 6.02. The first-order valence-corrected chi connectivity index (χ1v) is 8.74. The van der Waals surface area contributed by atoms with Crippen molar-refractivity contribution in [1.29, 1.82) is 0 Å². The van der Waals surface area contributed by atoms with E-state index in [1.165, 1.54) is 36.1 Å². The quantitative estimate of drug-likeness (QED) is 0.858. The molecule has 2 N–H and O–H groups in total. The third-order valence-electron chi connectivity index (χ3n) is 4.86. The Bertz CT molecular complexity index is 441. The minimum Gasteiger partial charge on any atom is -0.375 e. The Balaban J connectivity index is 1.51. The first-order valence-electron chi connectivity index (χ1n) is 7.76. The van der Waals surface area contributed by atoms with E-state index in [0.717, 1.165) is 18.8 Å². The number of hydrogen-bond donors (Lipinski definition) is 1. The lowest BCUT2D eigenvalue weighted by Crippen LogP contribution is -2.49. The number of aryl methyl sites for hydroxylation is 1. The average molecular weight is 291 g/mol. The molecule has 110 valence electrons. The van der Waals surface area contributed by atoms with Gasteiger partial charge in [0.1, 0.15) is 0 Å². The highest BCUT2D eigenvalue weighted by Gasteiger charge is 2.43. The maximum Gasteiger partial charge on any atom is 0.0685 e. The van der Waals surface area contributed by atoms with Crippen molar-refractivity contribution in [3.05, 3.63) is 29.8 Å². The van der Waals surface area contributed by atoms with Crippen LogP contribution in [0, 0.1) is 12.8 Å². The van der Waals surface area contributed by atoms with Crippen molar-refractivity contribution in [3.63, 3.8) is 0 Å². The van der Waals surface area contributed by atoms with E-state index < -0.39 is 0 Å². The number of rotatable bonds is 4. The van der Waals surface area contributed by atoms with Gasteiger partial charge in [-0.1, -0.05) is 17.7 Å². The van der Waals surface area contributed by atoms with Crippen molar-refractivity contribution >= 4 is 11.8 Å². The predicted molar refractivity (Wildman–Crippen MR) is 85.1 cm³/mol. The molecule has 0 radical (unpaired) electrons. The van der Waals surface area contributed by atoms with Gasteiger partial charge in [-0.2, -0.15) is 0 Å². The van der Waals surface area contributed by atoms with Gasteiger partial charge in [0, 0.05) is 23.3 Å². The standard InChI is InChI=1S/C17H25NOS/c1-13-3-5-15(6-4-13)20-12-16(18)14-7-10-19-17(11-14)8-2-9-17/h3-6,14,16H,2,7-12,18H2,1H3. The van der Waals surface area contributed by atoms with E-state index in [4.69, 9.17) is 10.5 Å². The number of hydrogen-bond acceptors (Lipinski definition) is 3. The fraction of sp³-hybridized carbons (Fsp3) is 0.647. The zero-order valence-corrected chi connectivity index (χ0v) is 13.1. The number of ether oxygens (including phenoxy) is 1. The molecule has 3 rings (SSSR count). The zero-order valence-electron chi connectivity index (χ0n) is 12.3. The Kier molecular flexibility index (Phi) is 4.39. The van der Waals surface area contributed by atoms with Crippen molar-refractivity contribution in [3.8, 4) is 0 Å². The fourth-order valence-electron chi connectivity index (χ4n) is 3.31. The summed E-state index contributed by atoms with van der Waals surface area (Å²) >= 11 is 1.89. The molecule has 2 nitrogen and oxygen atoms in total. The molecule has 2 unspecified atom stereocenters. The van der Waals surface area contributed by atoms with Crippen molar-refractivity contribution in [2.45, 2.75) is 55.6 Å². The van der Waals surface area contributed by atoms with Gasteiger partial charge in [0.05, 0.1) is 5.60 Å². The van der Waals surface area contributed by atoms with Gasteiger partial charge in [0.15, 0.2) is 0 Å². The van der Waals surface area contributed by atoms with Crippen molar-refractivity contribution in [2.75, 3.05) is 12.4 Å².